The molecule has 2 unspecified atom stereocenters. The van der Waals surface area contributed by atoms with Gasteiger partial charge in [-0.25, -0.2) is 0 Å². The zero-order valence-corrected chi connectivity index (χ0v) is 18.4. The van der Waals surface area contributed by atoms with E-state index in [2.05, 4.69) is 0 Å². The van der Waals surface area contributed by atoms with Crippen molar-refractivity contribution in [3.63, 3.8) is 0 Å². The molecule has 168 valence electrons. The summed E-state index contributed by atoms with van der Waals surface area (Å²) in [6.07, 6.45) is 1.30. The lowest BCUT2D eigenvalue weighted by Gasteiger charge is -2.24. The first-order valence-electron chi connectivity index (χ1n) is 10.6. The zero-order chi connectivity index (χ0) is 23.0. The molecule has 2 atom stereocenters. The highest BCUT2D eigenvalue weighted by Crippen LogP contribution is 2.43. The van der Waals surface area contributed by atoms with Crippen molar-refractivity contribution in [2.45, 2.75) is 63.9 Å². The number of benzene rings is 2. The SMILES string of the molecule is CC(C)(O)C1Cc2cc(-c3coc4cc5c(c(O)c4c3=O)CC(C(C)(C)O)O5)ccc2O1. The molecule has 0 saturated carbocycles. The Morgan fingerprint density at radius 2 is 1.59 bits per heavy atom. The van der Waals surface area contributed by atoms with E-state index < -0.39 is 17.3 Å². The monoisotopic (exact) mass is 438 g/mol. The molecule has 7 heteroatoms. The molecule has 2 aromatic carbocycles. The van der Waals surface area contributed by atoms with Crippen LogP contribution in [0.5, 0.6) is 17.2 Å². The predicted octanol–water partition coefficient (Wildman–Crippen LogP) is 3.31. The molecule has 32 heavy (non-hydrogen) atoms. The number of ether oxygens (including phenoxy) is 2. The molecule has 3 aromatic rings. The Labute approximate surface area is 184 Å². The summed E-state index contributed by atoms with van der Waals surface area (Å²) in [5, 5.41) is 31.6. The van der Waals surface area contributed by atoms with E-state index in [0.717, 1.165) is 5.56 Å². The summed E-state index contributed by atoms with van der Waals surface area (Å²) in [4.78, 5) is 13.4. The maximum Gasteiger partial charge on any atom is 0.204 e. The lowest BCUT2D eigenvalue weighted by atomic mass is 9.94. The van der Waals surface area contributed by atoms with Crippen LogP contribution in [0.3, 0.4) is 0 Å². The number of phenolic OH excluding ortho intramolecular Hbond substituents is 1. The summed E-state index contributed by atoms with van der Waals surface area (Å²) in [5.74, 6) is 0.915. The Hall–Kier alpha value is -3.03. The van der Waals surface area contributed by atoms with Crippen molar-refractivity contribution >= 4 is 11.0 Å². The van der Waals surface area contributed by atoms with E-state index in [1.165, 1.54) is 6.26 Å². The third kappa shape index (κ3) is 3.24. The minimum Gasteiger partial charge on any atom is -0.507 e. The number of aromatic hydroxyl groups is 1. The molecular formula is C25H26O7. The summed E-state index contributed by atoms with van der Waals surface area (Å²) in [7, 11) is 0. The van der Waals surface area contributed by atoms with Gasteiger partial charge in [0, 0.05) is 24.5 Å². The Morgan fingerprint density at radius 1 is 0.938 bits per heavy atom. The van der Waals surface area contributed by atoms with Gasteiger partial charge in [-0.3, -0.25) is 4.79 Å². The molecule has 5 rings (SSSR count). The molecule has 0 saturated heterocycles. The van der Waals surface area contributed by atoms with E-state index in [4.69, 9.17) is 13.9 Å². The minimum atomic E-state index is -1.10. The van der Waals surface area contributed by atoms with Gasteiger partial charge in [-0.05, 0) is 51.0 Å². The smallest absolute Gasteiger partial charge is 0.204 e. The lowest BCUT2D eigenvalue weighted by Crippen LogP contribution is -2.39. The van der Waals surface area contributed by atoms with Crippen molar-refractivity contribution in [3.8, 4) is 28.4 Å². The van der Waals surface area contributed by atoms with Crippen LogP contribution < -0.4 is 14.9 Å². The standard InChI is InChI=1S/C25H26O7/c1-24(2,28)19-8-13-7-12(5-6-16(13)31-19)15-11-30-18-10-17-14(22(26)21(18)23(15)27)9-20(32-17)25(3,4)29/h5-7,10-11,19-20,26,28-29H,8-9H2,1-4H3. The second-order valence-corrected chi connectivity index (χ2v) is 9.80. The van der Waals surface area contributed by atoms with Gasteiger partial charge in [0.1, 0.15) is 46.7 Å². The maximum atomic E-state index is 13.4. The van der Waals surface area contributed by atoms with Crippen LogP contribution >= 0.6 is 0 Å². The van der Waals surface area contributed by atoms with Crippen molar-refractivity contribution < 1.29 is 29.2 Å². The van der Waals surface area contributed by atoms with Crippen molar-refractivity contribution in [2.75, 3.05) is 0 Å². The Kier molecular flexibility index (Phi) is 4.39. The van der Waals surface area contributed by atoms with Gasteiger partial charge in [-0.15, -0.1) is 0 Å². The van der Waals surface area contributed by atoms with Crippen LogP contribution in [0.15, 0.2) is 39.7 Å². The average Bonchev–Trinajstić information content (AvgIpc) is 3.31. The molecule has 3 N–H and O–H groups in total. The average molecular weight is 438 g/mol. The first-order chi connectivity index (χ1) is 14.9. The van der Waals surface area contributed by atoms with Crippen LogP contribution in [-0.4, -0.2) is 38.7 Å². The van der Waals surface area contributed by atoms with Crippen molar-refractivity contribution in [1.29, 1.82) is 0 Å². The van der Waals surface area contributed by atoms with Crippen LogP contribution in [0, 0.1) is 0 Å². The van der Waals surface area contributed by atoms with Gasteiger partial charge in [-0.2, -0.15) is 0 Å². The molecule has 0 amide bonds. The van der Waals surface area contributed by atoms with Gasteiger partial charge < -0.3 is 29.2 Å². The number of aliphatic hydroxyl groups is 2. The highest BCUT2D eigenvalue weighted by atomic mass is 16.5. The molecule has 0 bridgehead atoms. The molecule has 0 spiro atoms. The van der Waals surface area contributed by atoms with E-state index in [-0.39, 0.29) is 28.3 Å². The van der Waals surface area contributed by atoms with Crippen LogP contribution in [0.2, 0.25) is 0 Å². The molecule has 1 aromatic heterocycles. The third-order valence-electron chi connectivity index (χ3n) is 6.38. The number of hydrogen-bond donors (Lipinski definition) is 3. The molecule has 3 heterocycles. The van der Waals surface area contributed by atoms with Crippen molar-refractivity contribution in [3.05, 3.63) is 51.9 Å². The summed E-state index contributed by atoms with van der Waals surface area (Å²) >= 11 is 0. The normalized spacial score (nSPS) is 20.1. The summed E-state index contributed by atoms with van der Waals surface area (Å²) < 4.78 is 17.4. The predicted molar refractivity (Wildman–Crippen MR) is 118 cm³/mol. The molecule has 0 radical (unpaired) electrons. The summed E-state index contributed by atoms with van der Waals surface area (Å²) in [5.41, 5.74) is 0.127. The first-order valence-corrected chi connectivity index (χ1v) is 10.6. The van der Waals surface area contributed by atoms with Gasteiger partial charge in [0.2, 0.25) is 5.43 Å². The van der Waals surface area contributed by atoms with Crippen LogP contribution in [0.4, 0.5) is 0 Å². The molecule has 2 aliphatic heterocycles. The minimum absolute atomic E-state index is 0.0902. The zero-order valence-electron chi connectivity index (χ0n) is 18.4. The van der Waals surface area contributed by atoms with Gasteiger partial charge >= 0.3 is 0 Å². The van der Waals surface area contributed by atoms with Crippen molar-refractivity contribution in [2.24, 2.45) is 0 Å². The highest BCUT2D eigenvalue weighted by molar-refractivity contribution is 5.90. The highest BCUT2D eigenvalue weighted by Gasteiger charge is 2.38. The number of phenols is 1. The van der Waals surface area contributed by atoms with Gasteiger partial charge in [0.05, 0.1) is 16.8 Å². The summed E-state index contributed by atoms with van der Waals surface area (Å²) in [6.45, 7) is 6.69. The van der Waals surface area contributed by atoms with E-state index in [0.29, 0.717) is 41.0 Å². The summed E-state index contributed by atoms with van der Waals surface area (Å²) in [6, 6.07) is 6.99. The van der Waals surface area contributed by atoms with E-state index in [9.17, 15) is 20.1 Å². The quantitative estimate of drug-likeness (QED) is 0.576. The fourth-order valence-corrected chi connectivity index (χ4v) is 4.37. The maximum absolute atomic E-state index is 13.4. The first kappa shape index (κ1) is 20.8. The second-order valence-electron chi connectivity index (χ2n) is 9.80. The number of fused-ring (bicyclic) bond motifs is 3. The van der Waals surface area contributed by atoms with E-state index >= 15 is 0 Å². The number of rotatable bonds is 3. The molecular weight excluding hydrogens is 412 g/mol. The van der Waals surface area contributed by atoms with Crippen molar-refractivity contribution in [1.82, 2.24) is 0 Å². The topological polar surface area (TPSA) is 109 Å². The lowest BCUT2D eigenvalue weighted by molar-refractivity contribution is -0.0231. The van der Waals surface area contributed by atoms with E-state index in [1.54, 1.807) is 45.9 Å². The number of hydrogen-bond acceptors (Lipinski definition) is 7. The molecule has 7 nitrogen and oxygen atoms in total. The van der Waals surface area contributed by atoms with Gasteiger partial charge in [-0.1, -0.05) is 6.07 Å². The fourth-order valence-electron chi connectivity index (χ4n) is 4.37. The Bertz CT molecular complexity index is 1290. The largest absolute Gasteiger partial charge is 0.507 e. The third-order valence-corrected chi connectivity index (χ3v) is 6.38. The Balaban J connectivity index is 1.57. The molecule has 2 aliphatic rings. The van der Waals surface area contributed by atoms with Crippen LogP contribution in [-0.2, 0) is 12.8 Å². The van der Waals surface area contributed by atoms with Gasteiger partial charge in [0.15, 0.2) is 0 Å². The Morgan fingerprint density at radius 3 is 2.28 bits per heavy atom. The van der Waals surface area contributed by atoms with E-state index in [1.807, 2.05) is 6.07 Å². The fraction of sp³-hybridized carbons (Fsp3) is 0.400. The molecule has 0 aliphatic carbocycles. The van der Waals surface area contributed by atoms with Gasteiger partial charge in [0.25, 0.3) is 0 Å². The van der Waals surface area contributed by atoms with Crippen LogP contribution in [0.1, 0.15) is 38.8 Å². The van der Waals surface area contributed by atoms with Crippen LogP contribution in [0.25, 0.3) is 22.1 Å². The second kappa shape index (κ2) is 6.73. The molecule has 0 fully saturated rings.